The highest BCUT2D eigenvalue weighted by Gasteiger charge is 2.06. The van der Waals surface area contributed by atoms with Gasteiger partial charge in [-0.3, -0.25) is 4.90 Å². The van der Waals surface area contributed by atoms with Crippen LogP contribution in [0.1, 0.15) is 56.2 Å². The Balaban J connectivity index is 0.00000294. The second-order valence-corrected chi connectivity index (χ2v) is 14.3. The number of aromatic nitrogens is 1. The highest BCUT2D eigenvalue weighted by molar-refractivity contribution is 8.76. The average Bonchev–Trinajstić information content (AvgIpc) is 3.60. The van der Waals surface area contributed by atoms with E-state index in [-0.39, 0.29) is 0 Å². The highest BCUT2D eigenvalue weighted by atomic mass is 33.1. The van der Waals surface area contributed by atoms with Crippen LogP contribution in [0.2, 0.25) is 0 Å². The first-order valence-corrected chi connectivity index (χ1v) is 20.3. The molecule has 0 spiro atoms. The van der Waals surface area contributed by atoms with Gasteiger partial charge < -0.3 is 9.80 Å². The number of pyridine rings is 1. The van der Waals surface area contributed by atoms with Crippen molar-refractivity contribution < 1.29 is 9.47 Å². The first-order valence-electron chi connectivity index (χ1n) is 17.0. The van der Waals surface area contributed by atoms with Gasteiger partial charge in [-0.2, -0.15) is 12.6 Å². The fourth-order valence-electron chi connectivity index (χ4n) is 5.09. The number of nitrogens with zero attached hydrogens (tertiary/aromatic N) is 3. The summed E-state index contributed by atoms with van der Waals surface area (Å²) in [4.78, 5) is 6.15. The van der Waals surface area contributed by atoms with Crippen molar-refractivity contribution in [1.82, 2.24) is 0 Å². The molecule has 1 N–H and O–H groups in total. The van der Waals surface area contributed by atoms with Crippen LogP contribution in [0.4, 0.5) is 11.4 Å². The molecule has 0 fully saturated rings. The highest BCUT2D eigenvalue weighted by Crippen LogP contribution is 2.25. The molecule has 0 amide bonds. The molecule has 1 atom stereocenters. The van der Waals surface area contributed by atoms with Crippen molar-refractivity contribution in [3.8, 4) is 0 Å². The molecular formula is C40H56N4S3+2. The minimum Gasteiger partial charge on any atom is -0.375 e. The third-order valence-corrected chi connectivity index (χ3v) is 10.7. The summed E-state index contributed by atoms with van der Waals surface area (Å²) in [7, 11) is 8.49. The summed E-state index contributed by atoms with van der Waals surface area (Å²) < 4.78 is 2.18. The molecule has 0 bridgehead atoms. The maximum Gasteiger partial charge on any atom is 0.169 e. The molecule has 4 nitrogen and oxygen atoms in total. The minimum atomic E-state index is 1.00. The third kappa shape index (κ3) is 14.4. The van der Waals surface area contributed by atoms with Gasteiger partial charge in [0.15, 0.2) is 12.4 Å². The van der Waals surface area contributed by atoms with Gasteiger partial charge in [-0.25, -0.2) is 4.57 Å². The lowest BCUT2D eigenvalue weighted by molar-refractivity contribution is -0.785. The van der Waals surface area contributed by atoms with E-state index in [9.17, 15) is 0 Å². The summed E-state index contributed by atoms with van der Waals surface area (Å²) in [6.07, 6.45) is 26.4. The number of thiol groups is 1. The second-order valence-electron chi connectivity index (χ2n) is 11.6. The van der Waals surface area contributed by atoms with Gasteiger partial charge in [-0.1, -0.05) is 64.1 Å². The van der Waals surface area contributed by atoms with Crippen molar-refractivity contribution in [2.24, 2.45) is 0 Å². The molecule has 0 aliphatic carbocycles. The van der Waals surface area contributed by atoms with Crippen LogP contribution in [-0.2, 0) is 6.54 Å². The van der Waals surface area contributed by atoms with Gasteiger partial charge in [0, 0.05) is 73.8 Å². The molecule has 1 aromatic heterocycles. The zero-order chi connectivity index (χ0) is 33.7. The Labute approximate surface area is 299 Å². The summed E-state index contributed by atoms with van der Waals surface area (Å²) in [5, 5.41) is 0. The number of aryl methyl sites for hydroxylation is 1. The van der Waals surface area contributed by atoms with Crippen molar-refractivity contribution in [2.45, 2.75) is 46.1 Å². The first-order chi connectivity index (χ1) is 23.0. The van der Waals surface area contributed by atoms with Gasteiger partial charge in [-0.05, 0) is 92.8 Å². The van der Waals surface area contributed by atoms with Crippen LogP contribution >= 0.6 is 34.2 Å². The van der Waals surface area contributed by atoms with Crippen molar-refractivity contribution in [3.05, 3.63) is 120 Å². The number of benzene rings is 2. The van der Waals surface area contributed by atoms with Crippen LogP contribution in [0.15, 0.2) is 103 Å². The molecule has 2 heterocycles. The van der Waals surface area contributed by atoms with Crippen LogP contribution in [0.3, 0.4) is 0 Å². The van der Waals surface area contributed by atoms with Gasteiger partial charge in [0.05, 0.1) is 12.7 Å². The number of hydrogen-bond donors (Lipinski definition) is 2. The molecular weight excluding hydrogens is 633 g/mol. The molecule has 0 saturated heterocycles. The van der Waals surface area contributed by atoms with Crippen LogP contribution in [0.5, 0.6) is 0 Å². The molecule has 252 valence electrons. The summed E-state index contributed by atoms with van der Waals surface area (Å²) >= 11 is 3.53. The zero-order valence-electron chi connectivity index (χ0n) is 29.1. The quantitative estimate of drug-likeness (QED) is 0.0568. The molecule has 1 aliphatic heterocycles. The number of rotatable bonds is 19. The summed E-state index contributed by atoms with van der Waals surface area (Å²) in [5.74, 6) is 2.46. The van der Waals surface area contributed by atoms with E-state index in [1.54, 1.807) is 6.26 Å². The lowest BCUT2D eigenvalue weighted by atomic mass is 10.1. The van der Waals surface area contributed by atoms with Crippen LogP contribution < -0.4 is 19.3 Å². The SMILES string of the molecule is CC[n+]1ccc(/C=C/c2ccc(N(C)CCCCSSCCCCN(C)c3ccc(/C=C/C4=C[NH+](CC)C=C4)cc3)cc2)cc1.CS. The second kappa shape index (κ2) is 22.7. The van der Waals surface area contributed by atoms with Crippen molar-refractivity contribution in [3.63, 3.8) is 0 Å². The maximum absolute atomic E-state index is 3.53. The van der Waals surface area contributed by atoms with E-state index in [4.69, 9.17) is 0 Å². The molecule has 47 heavy (non-hydrogen) atoms. The Kier molecular flexibility index (Phi) is 18.6. The van der Waals surface area contributed by atoms with Crippen LogP contribution in [0, 0.1) is 0 Å². The lowest BCUT2D eigenvalue weighted by Gasteiger charge is -2.19. The summed E-state index contributed by atoms with van der Waals surface area (Å²) in [6, 6.07) is 22.1. The van der Waals surface area contributed by atoms with Gasteiger partial charge in [0.2, 0.25) is 0 Å². The third-order valence-electron chi connectivity index (χ3n) is 8.16. The lowest BCUT2D eigenvalue weighted by Crippen LogP contribution is -3.01. The fourth-order valence-corrected chi connectivity index (χ4v) is 7.38. The Morgan fingerprint density at radius 3 is 1.57 bits per heavy atom. The molecule has 0 saturated carbocycles. The predicted octanol–water partition coefficient (Wildman–Crippen LogP) is 8.55. The Morgan fingerprint density at radius 2 is 1.13 bits per heavy atom. The number of unbranched alkanes of at least 4 members (excludes halogenated alkanes) is 2. The normalized spacial score (nSPS) is 14.0. The monoisotopic (exact) mass is 688 g/mol. The zero-order valence-corrected chi connectivity index (χ0v) is 31.7. The van der Waals surface area contributed by atoms with E-state index >= 15 is 0 Å². The molecule has 1 aliphatic rings. The number of quaternary nitrogens is 1. The fraction of sp³-hybridized carbons (Fsp3) is 0.375. The van der Waals surface area contributed by atoms with Gasteiger partial charge in [0.25, 0.3) is 0 Å². The Hall–Kier alpha value is -2.84. The van der Waals surface area contributed by atoms with Crippen molar-refractivity contribution >= 4 is 63.8 Å². The van der Waals surface area contributed by atoms with Gasteiger partial charge >= 0.3 is 0 Å². The van der Waals surface area contributed by atoms with E-state index in [2.05, 4.69) is 171 Å². The summed E-state index contributed by atoms with van der Waals surface area (Å²) in [6.45, 7) is 8.65. The smallest absolute Gasteiger partial charge is 0.169 e. The van der Waals surface area contributed by atoms with E-state index in [0.717, 1.165) is 26.2 Å². The van der Waals surface area contributed by atoms with E-state index in [1.807, 2.05) is 21.6 Å². The average molecular weight is 689 g/mol. The molecule has 0 radical (unpaired) electrons. The number of anilines is 2. The topological polar surface area (TPSA) is 14.8 Å². The Morgan fingerprint density at radius 1 is 0.660 bits per heavy atom. The van der Waals surface area contributed by atoms with E-state index in [1.165, 1.54) is 75.7 Å². The van der Waals surface area contributed by atoms with Gasteiger partial charge in [0.1, 0.15) is 12.7 Å². The van der Waals surface area contributed by atoms with Crippen LogP contribution in [0.25, 0.3) is 18.2 Å². The standard InChI is InChI=1S/C39H51N4S2.CH4S/c1-5-42-28-23-36(24-29-42)12-11-34-15-19-38(20-16-34)40(3)26-7-9-31-44-45-32-10-8-27-41(4)39-21-17-35(18-22-39)13-14-37-25-30-43(6-2)33-37;1-2/h11-25,28-30,33H,5-10,26-27,31-32H2,1-4H3;2H,1H3/q+1;/p+1/b14-13+;. The van der Waals surface area contributed by atoms with E-state index in [0.29, 0.717) is 0 Å². The van der Waals surface area contributed by atoms with Crippen molar-refractivity contribution in [2.75, 3.05) is 61.3 Å². The summed E-state index contributed by atoms with van der Waals surface area (Å²) in [5.41, 5.74) is 7.57. The minimum absolute atomic E-state index is 1.00. The largest absolute Gasteiger partial charge is 0.375 e. The molecule has 7 heteroatoms. The molecule has 1 unspecified atom stereocenters. The van der Waals surface area contributed by atoms with Crippen molar-refractivity contribution in [1.29, 1.82) is 0 Å². The van der Waals surface area contributed by atoms with Gasteiger partial charge in [-0.15, -0.1) is 0 Å². The molecule has 2 aromatic carbocycles. The first kappa shape index (κ1) is 38.6. The van der Waals surface area contributed by atoms with E-state index < -0.39 is 0 Å². The maximum atomic E-state index is 3.53. The number of allylic oxidation sites excluding steroid dienone is 3. The molecule has 3 aromatic rings. The number of hydrogen-bond acceptors (Lipinski definition) is 5. The van der Waals surface area contributed by atoms with Crippen LogP contribution in [-0.4, -0.2) is 51.5 Å². The Bertz CT molecular complexity index is 1400. The predicted molar refractivity (Wildman–Crippen MR) is 217 cm³/mol. The number of nitrogens with one attached hydrogen (secondary N) is 1. The molecule has 4 rings (SSSR count).